The van der Waals surface area contributed by atoms with Gasteiger partial charge in [-0.1, -0.05) is 52.2 Å². The summed E-state index contributed by atoms with van der Waals surface area (Å²) in [5.74, 6) is 2.64. The molecule has 1 heteroatoms. The summed E-state index contributed by atoms with van der Waals surface area (Å²) in [7, 11) is 0. The van der Waals surface area contributed by atoms with Gasteiger partial charge in [0, 0.05) is 0 Å². The second-order valence-electron chi connectivity index (χ2n) is 6.74. The van der Waals surface area contributed by atoms with Gasteiger partial charge in [-0.25, -0.2) is 0 Å². The van der Waals surface area contributed by atoms with Crippen LogP contribution in [0.5, 0.6) is 0 Å². The molecule has 0 bridgehead atoms. The maximum Gasteiger partial charge on any atom is 0.0754 e. The van der Waals surface area contributed by atoms with Gasteiger partial charge in [-0.05, 0) is 49.9 Å². The number of hydrogen-bond donors (Lipinski definition) is 1. The lowest BCUT2D eigenvalue weighted by atomic mass is 9.68. The molecule has 1 fully saturated rings. The smallest absolute Gasteiger partial charge is 0.0754 e. The third-order valence-electron chi connectivity index (χ3n) is 4.61. The molecule has 1 aliphatic carbocycles. The fraction of sp³-hybridized carbons (Fsp3) is 0.882. The molecular formula is C17H32O. The van der Waals surface area contributed by atoms with E-state index in [1.165, 1.54) is 31.3 Å². The van der Waals surface area contributed by atoms with E-state index in [1.807, 2.05) is 0 Å². The van der Waals surface area contributed by atoms with E-state index in [9.17, 15) is 5.11 Å². The van der Waals surface area contributed by atoms with E-state index in [0.29, 0.717) is 17.8 Å². The zero-order valence-electron chi connectivity index (χ0n) is 12.9. The average molecular weight is 252 g/mol. The van der Waals surface area contributed by atoms with Gasteiger partial charge in [0.15, 0.2) is 0 Å². The molecule has 0 saturated heterocycles. The Balaban J connectivity index is 2.72. The quantitative estimate of drug-likeness (QED) is 0.697. The van der Waals surface area contributed by atoms with Crippen LogP contribution in [0.25, 0.3) is 0 Å². The van der Waals surface area contributed by atoms with Crippen LogP contribution < -0.4 is 0 Å². The van der Waals surface area contributed by atoms with E-state index in [0.717, 1.165) is 12.3 Å². The number of hydrogen-bond acceptors (Lipinski definition) is 1. The molecule has 1 aliphatic rings. The number of rotatable bonds is 5. The van der Waals surface area contributed by atoms with Crippen molar-refractivity contribution in [3.63, 3.8) is 0 Å². The molecule has 1 rings (SSSR count). The molecular weight excluding hydrogens is 220 g/mol. The van der Waals surface area contributed by atoms with Crippen LogP contribution in [0, 0.1) is 23.7 Å². The van der Waals surface area contributed by atoms with E-state index in [2.05, 4.69) is 40.7 Å². The molecule has 0 amide bonds. The molecule has 4 atom stereocenters. The first-order valence-corrected chi connectivity index (χ1v) is 7.81. The summed E-state index contributed by atoms with van der Waals surface area (Å²) in [6.45, 7) is 11.3. The number of aliphatic hydroxyl groups is 1. The van der Waals surface area contributed by atoms with Gasteiger partial charge in [-0.15, -0.1) is 0 Å². The Morgan fingerprint density at radius 1 is 1.28 bits per heavy atom. The molecule has 0 unspecified atom stereocenters. The zero-order valence-corrected chi connectivity index (χ0v) is 12.9. The van der Waals surface area contributed by atoms with Gasteiger partial charge in [0.2, 0.25) is 0 Å². The SMILES string of the molecule is CCC/C(C)=C/[C@H](O)[C@@H]1C[C@H](C)CC[C@H]1C(C)C. The van der Waals surface area contributed by atoms with Crippen LogP contribution in [-0.4, -0.2) is 11.2 Å². The van der Waals surface area contributed by atoms with Crippen LogP contribution >= 0.6 is 0 Å². The van der Waals surface area contributed by atoms with Crippen molar-refractivity contribution in [2.75, 3.05) is 0 Å². The third kappa shape index (κ3) is 4.42. The minimum Gasteiger partial charge on any atom is -0.389 e. The molecule has 0 aromatic rings. The van der Waals surface area contributed by atoms with Gasteiger partial charge in [0.25, 0.3) is 0 Å². The normalized spacial score (nSPS) is 31.7. The highest BCUT2D eigenvalue weighted by Crippen LogP contribution is 2.40. The molecule has 0 radical (unpaired) electrons. The van der Waals surface area contributed by atoms with Crippen LogP contribution in [0.1, 0.15) is 66.7 Å². The first kappa shape index (κ1) is 15.8. The van der Waals surface area contributed by atoms with Crippen molar-refractivity contribution < 1.29 is 5.11 Å². The monoisotopic (exact) mass is 252 g/mol. The van der Waals surface area contributed by atoms with Crippen LogP contribution in [0.4, 0.5) is 0 Å². The first-order chi connectivity index (χ1) is 8.45. The van der Waals surface area contributed by atoms with Crippen molar-refractivity contribution in [1.82, 2.24) is 0 Å². The van der Waals surface area contributed by atoms with Crippen molar-refractivity contribution in [2.45, 2.75) is 72.8 Å². The van der Waals surface area contributed by atoms with Gasteiger partial charge < -0.3 is 5.11 Å². The second kappa shape index (κ2) is 7.33. The highest BCUT2D eigenvalue weighted by molar-refractivity contribution is 5.04. The predicted molar refractivity (Wildman–Crippen MR) is 79.5 cm³/mol. The number of aliphatic hydroxyl groups excluding tert-OH is 1. The predicted octanol–water partition coefficient (Wildman–Crippen LogP) is 4.80. The largest absolute Gasteiger partial charge is 0.389 e. The Kier molecular flexibility index (Phi) is 6.42. The summed E-state index contributed by atoms with van der Waals surface area (Å²) in [6, 6.07) is 0. The average Bonchev–Trinajstić information content (AvgIpc) is 2.28. The van der Waals surface area contributed by atoms with Crippen LogP contribution in [0.15, 0.2) is 11.6 Å². The lowest BCUT2D eigenvalue weighted by Gasteiger charge is -2.39. The molecule has 106 valence electrons. The lowest BCUT2D eigenvalue weighted by Crippen LogP contribution is -2.35. The van der Waals surface area contributed by atoms with Crippen LogP contribution in [0.3, 0.4) is 0 Å². The van der Waals surface area contributed by atoms with E-state index >= 15 is 0 Å². The van der Waals surface area contributed by atoms with Crippen molar-refractivity contribution >= 4 is 0 Å². The van der Waals surface area contributed by atoms with Crippen molar-refractivity contribution in [3.8, 4) is 0 Å². The van der Waals surface area contributed by atoms with E-state index < -0.39 is 0 Å². The molecule has 0 spiro atoms. The number of allylic oxidation sites excluding steroid dienone is 1. The lowest BCUT2D eigenvalue weighted by molar-refractivity contribution is 0.0422. The zero-order chi connectivity index (χ0) is 13.7. The Morgan fingerprint density at radius 3 is 2.50 bits per heavy atom. The fourth-order valence-corrected chi connectivity index (χ4v) is 3.56. The summed E-state index contributed by atoms with van der Waals surface area (Å²) in [4.78, 5) is 0. The van der Waals surface area contributed by atoms with Crippen molar-refractivity contribution in [1.29, 1.82) is 0 Å². The third-order valence-corrected chi connectivity index (χ3v) is 4.61. The Bertz CT molecular complexity index is 267. The molecule has 18 heavy (non-hydrogen) atoms. The summed E-state index contributed by atoms with van der Waals surface area (Å²) in [5, 5.41) is 10.5. The van der Waals surface area contributed by atoms with Gasteiger partial charge in [-0.2, -0.15) is 0 Å². The molecule has 1 N–H and O–H groups in total. The topological polar surface area (TPSA) is 20.2 Å². The maximum absolute atomic E-state index is 10.5. The summed E-state index contributed by atoms with van der Waals surface area (Å²) >= 11 is 0. The molecule has 0 aliphatic heterocycles. The molecule has 1 nitrogen and oxygen atoms in total. The van der Waals surface area contributed by atoms with Gasteiger partial charge in [0.05, 0.1) is 6.10 Å². The van der Waals surface area contributed by atoms with E-state index in [4.69, 9.17) is 0 Å². The van der Waals surface area contributed by atoms with E-state index in [-0.39, 0.29) is 6.10 Å². The minimum atomic E-state index is -0.230. The van der Waals surface area contributed by atoms with Gasteiger partial charge in [-0.3, -0.25) is 0 Å². The Labute approximate surface area is 114 Å². The van der Waals surface area contributed by atoms with Gasteiger partial charge in [0.1, 0.15) is 0 Å². The molecule has 1 saturated carbocycles. The minimum absolute atomic E-state index is 0.230. The Morgan fingerprint density at radius 2 is 1.94 bits per heavy atom. The molecule has 0 aromatic carbocycles. The molecule has 0 heterocycles. The summed E-state index contributed by atoms with van der Waals surface area (Å²) in [5.41, 5.74) is 1.35. The van der Waals surface area contributed by atoms with Crippen LogP contribution in [0.2, 0.25) is 0 Å². The standard InChI is InChI=1S/C17H32O/c1-6-7-13(4)11-17(18)16-10-14(5)8-9-15(16)12(2)3/h11-12,14-18H,6-10H2,1-5H3/b13-11+/t14-,15+,16-,17+/m1/s1. The fourth-order valence-electron chi connectivity index (χ4n) is 3.56. The first-order valence-electron chi connectivity index (χ1n) is 7.81. The van der Waals surface area contributed by atoms with Crippen molar-refractivity contribution in [2.24, 2.45) is 23.7 Å². The van der Waals surface area contributed by atoms with Crippen molar-refractivity contribution in [3.05, 3.63) is 11.6 Å². The highest BCUT2D eigenvalue weighted by atomic mass is 16.3. The van der Waals surface area contributed by atoms with Crippen LogP contribution in [-0.2, 0) is 0 Å². The van der Waals surface area contributed by atoms with E-state index in [1.54, 1.807) is 0 Å². The molecule has 0 aromatic heterocycles. The highest BCUT2D eigenvalue weighted by Gasteiger charge is 2.34. The Hall–Kier alpha value is -0.300. The second-order valence-corrected chi connectivity index (χ2v) is 6.74. The summed E-state index contributed by atoms with van der Waals surface area (Å²) in [6.07, 6.45) is 8.01. The van der Waals surface area contributed by atoms with Gasteiger partial charge >= 0.3 is 0 Å². The summed E-state index contributed by atoms with van der Waals surface area (Å²) < 4.78 is 0. The maximum atomic E-state index is 10.5.